The number of benzene rings is 6. The van der Waals surface area contributed by atoms with Crippen molar-refractivity contribution in [3.8, 4) is 56.4 Å². The van der Waals surface area contributed by atoms with Gasteiger partial charge in [-0.15, -0.1) is 0 Å². The molecule has 0 aliphatic carbocycles. The molecule has 6 aromatic carbocycles. The third-order valence-corrected chi connectivity index (χ3v) is 13.3. The highest BCUT2D eigenvalue weighted by molar-refractivity contribution is 5.74. The van der Waals surface area contributed by atoms with Crippen molar-refractivity contribution in [3.05, 3.63) is 154 Å². The molecule has 10 rings (SSSR count). The van der Waals surface area contributed by atoms with Crippen LogP contribution in [0.15, 0.2) is 115 Å². The molecule has 0 N–H and O–H groups in total. The van der Waals surface area contributed by atoms with Crippen molar-refractivity contribution in [2.45, 2.75) is 58.0 Å². The van der Waals surface area contributed by atoms with E-state index in [1.54, 1.807) is 0 Å². The molecule has 4 heterocycles. The molecule has 0 spiro atoms. The molecule has 0 aromatic heterocycles. The van der Waals surface area contributed by atoms with Crippen LogP contribution in [0.2, 0.25) is 0 Å². The van der Waals surface area contributed by atoms with Gasteiger partial charge in [-0.25, -0.2) is 0 Å². The van der Waals surface area contributed by atoms with Gasteiger partial charge in [-0.3, -0.25) is 0 Å². The molecule has 4 fully saturated rings. The van der Waals surface area contributed by atoms with Crippen molar-refractivity contribution in [2.24, 2.45) is 0 Å². The summed E-state index contributed by atoms with van der Waals surface area (Å²) in [6.07, 6.45) is 0.773. The molecule has 0 saturated carbocycles. The highest BCUT2D eigenvalue weighted by atomic mass is 16.6. The van der Waals surface area contributed by atoms with Gasteiger partial charge in [0.25, 0.3) is 0 Å². The Morgan fingerprint density at radius 1 is 0.370 bits per heavy atom. The molecule has 4 aliphatic heterocycles. The predicted octanol–water partition coefficient (Wildman–Crippen LogP) is 10.3. The average molecular weight is 993 g/mol. The summed E-state index contributed by atoms with van der Waals surface area (Å²) in [5.41, 5.74) is 13.7. The molecular formula is C61H68O12. The van der Waals surface area contributed by atoms with Gasteiger partial charge in [0.05, 0.1) is 79.3 Å². The third kappa shape index (κ3) is 14.3. The average Bonchev–Trinajstić information content (AvgIpc) is 4.16. The molecule has 384 valence electrons. The molecule has 0 radical (unpaired) electrons. The van der Waals surface area contributed by atoms with Gasteiger partial charge >= 0.3 is 0 Å². The molecule has 4 unspecified atom stereocenters. The third-order valence-electron chi connectivity index (χ3n) is 13.3. The molecule has 73 heavy (non-hydrogen) atoms. The van der Waals surface area contributed by atoms with Gasteiger partial charge in [-0.05, 0) is 137 Å². The molecule has 4 aliphatic rings. The Morgan fingerprint density at radius 3 is 1.11 bits per heavy atom. The van der Waals surface area contributed by atoms with Crippen molar-refractivity contribution < 1.29 is 56.8 Å². The second kappa shape index (κ2) is 24.5. The number of hydrogen-bond acceptors (Lipinski definition) is 12. The van der Waals surface area contributed by atoms with Gasteiger partial charge in [-0.1, -0.05) is 66.7 Å². The molecule has 4 saturated heterocycles. The van der Waals surface area contributed by atoms with Crippen LogP contribution in [0.1, 0.15) is 44.9 Å². The van der Waals surface area contributed by atoms with Crippen molar-refractivity contribution in [1.82, 2.24) is 0 Å². The van der Waals surface area contributed by atoms with E-state index < -0.39 is 0 Å². The predicted molar refractivity (Wildman–Crippen MR) is 280 cm³/mol. The van der Waals surface area contributed by atoms with Gasteiger partial charge < -0.3 is 56.8 Å². The number of aryl methyl sites for hydroxylation is 4. The van der Waals surface area contributed by atoms with Gasteiger partial charge in [0, 0.05) is 17.0 Å². The Bertz CT molecular complexity index is 2600. The zero-order valence-electron chi connectivity index (χ0n) is 42.6. The molecule has 4 atom stereocenters. The van der Waals surface area contributed by atoms with Crippen LogP contribution >= 0.6 is 0 Å². The van der Waals surface area contributed by atoms with Crippen LogP contribution < -0.4 is 18.9 Å². The summed E-state index contributed by atoms with van der Waals surface area (Å²) in [6, 6.07) is 41.2. The topological polar surface area (TPSA) is 124 Å². The number of hydrogen-bond donors (Lipinski definition) is 0. The molecule has 0 amide bonds. The zero-order chi connectivity index (χ0) is 49.9. The van der Waals surface area contributed by atoms with E-state index in [0.717, 1.165) is 122 Å². The van der Waals surface area contributed by atoms with E-state index in [4.69, 9.17) is 56.8 Å². The van der Waals surface area contributed by atoms with Crippen molar-refractivity contribution in [3.63, 3.8) is 0 Å². The first kappa shape index (κ1) is 50.7. The summed E-state index contributed by atoms with van der Waals surface area (Å²) in [7, 11) is 0. The normalized spacial score (nSPS) is 18.8. The largest absolute Gasteiger partial charge is 0.491 e. The van der Waals surface area contributed by atoms with E-state index in [-0.39, 0.29) is 30.3 Å². The first-order valence-corrected chi connectivity index (χ1v) is 25.8. The fourth-order valence-electron chi connectivity index (χ4n) is 9.11. The summed E-state index contributed by atoms with van der Waals surface area (Å²) < 4.78 is 71.2. The first-order chi connectivity index (χ1) is 35.8. The van der Waals surface area contributed by atoms with E-state index >= 15 is 0 Å². The van der Waals surface area contributed by atoms with E-state index in [2.05, 4.69) is 137 Å². The Hall–Kier alpha value is -5.80. The second-order valence-corrected chi connectivity index (χ2v) is 19.3. The monoisotopic (exact) mass is 992 g/mol. The van der Waals surface area contributed by atoms with E-state index in [1.165, 1.54) is 0 Å². The summed E-state index contributed by atoms with van der Waals surface area (Å²) in [5, 5.41) is 0. The fraction of sp³-hybridized carbons (Fsp3) is 0.410. The summed E-state index contributed by atoms with van der Waals surface area (Å²) in [5.74, 6) is 2.89. The van der Waals surface area contributed by atoms with Gasteiger partial charge in [-0.2, -0.15) is 0 Å². The van der Waals surface area contributed by atoms with Crippen molar-refractivity contribution in [1.29, 1.82) is 0 Å². The molecular weight excluding hydrogens is 925 g/mol. The Morgan fingerprint density at radius 2 is 0.726 bits per heavy atom. The molecule has 0 bridgehead atoms. The number of epoxide rings is 4. The summed E-state index contributed by atoms with van der Waals surface area (Å²) in [6.45, 7) is 17.2. The number of rotatable bonds is 30. The van der Waals surface area contributed by atoms with Crippen LogP contribution in [0.5, 0.6) is 23.0 Å². The van der Waals surface area contributed by atoms with E-state index in [9.17, 15) is 0 Å². The van der Waals surface area contributed by atoms with Crippen LogP contribution in [0.25, 0.3) is 33.4 Å². The van der Waals surface area contributed by atoms with Crippen LogP contribution in [0, 0.1) is 27.7 Å². The maximum Gasteiger partial charge on any atom is 0.126 e. The minimum atomic E-state index is -0.358. The second-order valence-electron chi connectivity index (χ2n) is 19.3. The van der Waals surface area contributed by atoms with Crippen LogP contribution in [-0.2, 0) is 37.9 Å². The Labute approximate surface area is 429 Å². The maximum absolute atomic E-state index is 6.91. The van der Waals surface area contributed by atoms with E-state index in [1.807, 2.05) is 6.07 Å². The van der Waals surface area contributed by atoms with Crippen molar-refractivity contribution >= 4 is 0 Å². The summed E-state index contributed by atoms with van der Waals surface area (Å²) >= 11 is 0. The van der Waals surface area contributed by atoms with Crippen molar-refractivity contribution in [2.75, 3.05) is 106 Å². The SMILES string of the molecule is Cc1cc(-c2cc(C)c(OCCOCC3CO3)c(C(c3ccc(-c4ccccc4)cc3)c3cc(-c4ccc(OCCOCC5CO5)c(C)c4)cc(C)c3OCCOCC3CO3)c2)ccc1OCCOCC1CO1. The molecule has 12 nitrogen and oxygen atoms in total. The van der Waals surface area contributed by atoms with Gasteiger partial charge in [0.1, 0.15) is 73.8 Å². The fourth-order valence-corrected chi connectivity index (χ4v) is 9.11. The lowest BCUT2D eigenvalue weighted by atomic mass is 9.80. The van der Waals surface area contributed by atoms with Crippen LogP contribution in [-0.4, -0.2) is 130 Å². The quantitative estimate of drug-likeness (QED) is 0.0242. The van der Waals surface area contributed by atoms with Crippen LogP contribution in [0.4, 0.5) is 0 Å². The summed E-state index contributed by atoms with van der Waals surface area (Å²) in [4.78, 5) is 0. The Kier molecular flexibility index (Phi) is 17.0. The maximum atomic E-state index is 6.91. The number of ether oxygens (including phenoxy) is 12. The minimum absolute atomic E-state index is 0.164. The molecule has 6 aromatic rings. The minimum Gasteiger partial charge on any atom is -0.491 e. The lowest BCUT2D eigenvalue weighted by molar-refractivity contribution is 0.0869. The van der Waals surface area contributed by atoms with Gasteiger partial charge in [0.15, 0.2) is 0 Å². The zero-order valence-corrected chi connectivity index (χ0v) is 42.6. The highest BCUT2D eigenvalue weighted by Crippen LogP contribution is 2.47. The standard InChI is InChI=1S/C61H68O12/c1-40-26-47(14-16-57(40)66-22-18-62-32-51-36-70-51)49-28-42(3)60(68-24-20-64-34-53-38-72-53)55(30-49)59(46-12-10-45(11-13-46)44-8-6-5-7-9-44)56-31-50(29-43(4)61(56)69-25-21-65-35-54-39-73-54)48-15-17-58(41(2)27-48)67-23-19-63-33-52-37-71-52/h5-17,26-31,51-54,59H,18-25,32-39H2,1-4H3. The Balaban J connectivity index is 1.05. The first-order valence-electron chi connectivity index (χ1n) is 25.8. The van der Waals surface area contributed by atoms with Gasteiger partial charge in [0.2, 0.25) is 0 Å². The lowest BCUT2D eigenvalue weighted by Crippen LogP contribution is -2.15. The molecule has 12 heteroatoms. The van der Waals surface area contributed by atoms with Crippen LogP contribution in [0.3, 0.4) is 0 Å². The smallest absolute Gasteiger partial charge is 0.126 e. The lowest BCUT2D eigenvalue weighted by Gasteiger charge is -2.28. The van der Waals surface area contributed by atoms with E-state index in [0.29, 0.717) is 79.3 Å². The highest BCUT2D eigenvalue weighted by Gasteiger charge is 2.30.